The van der Waals surface area contributed by atoms with Crippen LogP contribution in [0.4, 0.5) is 5.69 Å². The monoisotopic (exact) mass is 625 g/mol. The SMILES string of the molecule is Nc1cc2ccccc2cc1-c1c(Cc2cccc(-c3cc4ccccc4c4c3oc3cc5ccccc5cc34)c2)ccc2ccccc12. The van der Waals surface area contributed by atoms with Crippen LogP contribution in [0.15, 0.2) is 168 Å². The second kappa shape index (κ2) is 10.8. The van der Waals surface area contributed by atoms with Crippen molar-refractivity contribution in [2.24, 2.45) is 0 Å². The van der Waals surface area contributed by atoms with Crippen LogP contribution >= 0.6 is 0 Å². The minimum atomic E-state index is 0.766. The number of rotatable bonds is 4. The molecular formula is C47H31NO. The fraction of sp³-hybridized carbons (Fsp3) is 0.0213. The van der Waals surface area contributed by atoms with Gasteiger partial charge in [-0.2, -0.15) is 0 Å². The lowest BCUT2D eigenvalue weighted by atomic mass is 9.88. The minimum Gasteiger partial charge on any atom is -0.455 e. The quantitative estimate of drug-likeness (QED) is 0.198. The van der Waals surface area contributed by atoms with Crippen molar-refractivity contribution in [3.63, 3.8) is 0 Å². The van der Waals surface area contributed by atoms with E-state index in [9.17, 15) is 0 Å². The Morgan fingerprint density at radius 2 is 1.08 bits per heavy atom. The molecule has 2 N–H and O–H groups in total. The highest BCUT2D eigenvalue weighted by molar-refractivity contribution is 6.24. The van der Waals surface area contributed by atoms with Gasteiger partial charge in [-0.05, 0) is 102 Å². The summed E-state index contributed by atoms with van der Waals surface area (Å²) in [5.74, 6) is 0. The standard InChI is InChI=1S/C47H31NO/c48-43-27-33-14-3-1-12-31(33)24-41(43)45-37(21-20-30-11-5-7-18-38(30)45)23-29-10-9-17-35(22-29)40-26-36-16-6-8-19-39(36)46-42-25-32-13-2-4-15-34(32)28-44(42)49-47(40)46/h1-22,24-28H,23,48H2. The zero-order chi connectivity index (χ0) is 32.5. The Morgan fingerprint density at radius 1 is 0.449 bits per heavy atom. The van der Waals surface area contributed by atoms with Crippen LogP contribution in [-0.4, -0.2) is 0 Å². The first-order valence-corrected chi connectivity index (χ1v) is 16.8. The lowest BCUT2D eigenvalue weighted by Gasteiger charge is -2.17. The number of benzene rings is 9. The largest absolute Gasteiger partial charge is 0.455 e. The molecule has 49 heavy (non-hydrogen) atoms. The molecule has 1 heterocycles. The Bertz CT molecular complexity index is 2930. The Labute approximate surface area is 283 Å². The summed E-state index contributed by atoms with van der Waals surface area (Å²) in [7, 11) is 0. The van der Waals surface area contributed by atoms with Gasteiger partial charge >= 0.3 is 0 Å². The molecule has 2 nitrogen and oxygen atoms in total. The van der Waals surface area contributed by atoms with Crippen LogP contribution in [0.2, 0.25) is 0 Å². The van der Waals surface area contributed by atoms with E-state index in [4.69, 9.17) is 10.2 Å². The number of hydrogen-bond donors (Lipinski definition) is 1. The van der Waals surface area contributed by atoms with E-state index in [0.29, 0.717) is 0 Å². The summed E-state index contributed by atoms with van der Waals surface area (Å²) in [6.45, 7) is 0. The van der Waals surface area contributed by atoms with Crippen LogP contribution in [0.25, 0.3) is 87.3 Å². The molecule has 0 unspecified atom stereocenters. The highest BCUT2D eigenvalue weighted by Crippen LogP contribution is 2.43. The number of nitrogens with two attached hydrogens (primary N) is 1. The van der Waals surface area contributed by atoms with E-state index in [1.165, 1.54) is 59.8 Å². The summed E-state index contributed by atoms with van der Waals surface area (Å²) in [5.41, 5.74) is 16.5. The Morgan fingerprint density at radius 3 is 1.88 bits per heavy atom. The molecule has 0 saturated carbocycles. The van der Waals surface area contributed by atoms with E-state index in [1.807, 2.05) is 0 Å². The Hall–Kier alpha value is -6.38. The molecular weight excluding hydrogens is 595 g/mol. The third kappa shape index (κ3) is 4.49. The highest BCUT2D eigenvalue weighted by atomic mass is 16.3. The zero-order valence-corrected chi connectivity index (χ0v) is 26.8. The Balaban J connectivity index is 1.16. The number of anilines is 1. The average molecular weight is 626 g/mol. The first-order valence-electron chi connectivity index (χ1n) is 16.8. The van der Waals surface area contributed by atoms with Gasteiger partial charge in [-0.1, -0.05) is 133 Å². The van der Waals surface area contributed by atoms with Crippen molar-refractivity contribution in [2.45, 2.75) is 6.42 Å². The fourth-order valence-electron chi connectivity index (χ4n) is 7.85. The molecule has 10 aromatic rings. The average Bonchev–Trinajstić information content (AvgIpc) is 3.52. The normalized spacial score (nSPS) is 11.8. The summed E-state index contributed by atoms with van der Waals surface area (Å²) in [6, 6.07) is 58.8. The minimum absolute atomic E-state index is 0.766. The summed E-state index contributed by atoms with van der Waals surface area (Å²) >= 11 is 0. The summed E-state index contributed by atoms with van der Waals surface area (Å²) in [4.78, 5) is 0. The van der Waals surface area contributed by atoms with E-state index in [2.05, 4.69) is 164 Å². The smallest absolute Gasteiger partial charge is 0.143 e. The first kappa shape index (κ1) is 27.7. The molecule has 0 aliphatic rings. The van der Waals surface area contributed by atoms with Crippen molar-refractivity contribution < 1.29 is 4.42 Å². The van der Waals surface area contributed by atoms with Crippen LogP contribution < -0.4 is 5.73 Å². The number of nitrogen functional groups attached to an aromatic ring is 1. The van der Waals surface area contributed by atoms with Gasteiger partial charge in [-0.3, -0.25) is 0 Å². The predicted octanol–water partition coefficient (Wildman–Crippen LogP) is 12.7. The molecule has 0 amide bonds. The maximum absolute atomic E-state index is 6.82. The topological polar surface area (TPSA) is 39.2 Å². The van der Waals surface area contributed by atoms with Gasteiger partial charge < -0.3 is 10.2 Å². The molecule has 0 saturated heterocycles. The van der Waals surface area contributed by atoms with Gasteiger partial charge in [0.05, 0.1) is 0 Å². The number of hydrogen-bond acceptors (Lipinski definition) is 2. The number of furan rings is 1. The highest BCUT2D eigenvalue weighted by Gasteiger charge is 2.18. The maximum atomic E-state index is 6.82. The molecule has 230 valence electrons. The van der Waals surface area contributed by atoms with Gasteiger partial charge in [-0.25, -0.2) is 0 Å². The number of fused-ring (bicyclic) bond motifs is 8. The van der Waals surface area contributed by atoms with Crippen molar-refractivity contribution in [3.05, 3.63) is 175 Å². The van der Waals surface area contributed by atoms with Crippen molar-refractivity contribution >= 4 is 70.7 Å². The van der Waals surface area contributed by atoms with Gasteiger partial charge in [0, 0.05) is 27.6 Å². The molecule has 0 spiro atoms. The van der Waals surface area contributed by atoms with Crippen LogP contribution in [0, 0.1) is 0 Å². The van der Waals surface area contributed by atoms with Gasteiger partial charge in [0.1, 0.15) is 11.2 Å². The van der Waals surface area contributed by atoms with Crippen molar-refractivity contribution in [2.75, 3.05) is 5.73 Å². The molecule has 0 aliphatic carbocycles. The maximum Gasteiger partial charge on any atom is 0.143 e. The van der Waals surface area contributed by atoms with Gasteiger partial charge in [0.25, 0.3) is 0 Å². The van der Waals surface area contributed by atoms with Gasteiger partial charge in [0.2, 0.25) is 0 Å². The predicted molar refractivity (Wildman–Crippen MR) is 208 cm³/mol. The summed E-state index contributed by atoms with van der Waals surface area (Å²) in [6.07, 6.45) is 0.766. The van der Waals surface area contributed by atoms with Gasteiger partial charge in [0.15, 0.2) is 0 Å². The van der Waals surface area contributed by atoms with Crippen LogP contribution in [0.3, 0.4) is 0 Å². The second-order valence-corrected chi connectivity index (χ2v) is 13.1. The van der Waals surface area contributed by atoms with Gasteiger partial charge in [-0.15, -0.1) is 0 Å². The molecule has 0 fully saturated rings. The first-order chi connectivity index (χ1) is 24.2. The van der Waals surface area contributed by atoms with Crippen molar-refractivity contribution in [1.82, 2.24) is 0 Å². The van der Waals surface area contributed by atoms with Crippen LogP contribution in [0.1, 0.15) is 11.1 Å². The lowest BCUT2D eigenvalue weighted by Crippen LogP contribution is -1.98. The molecule has 2 heteroatoms. The molecule has 10 rings (SSSR count). The molecule has 1 aromatic heterocycles. The molecule has 0 atom stereocenters. The Kier molecular flexibility index (Phi) is 6.13. The van der Waals surface area contributed by atoms with E-state index < -0.39 is 0 Å². The van der Waals surface area contributed by atoms with Crippen molar-refractivity contribution in [3.8, 4) is 22.3 Å². The lowest BCUT2D eigenvalue weighted by molar-refractivity contribution is 0.671. The van der Waals surface area contributed by atoms with Crippen LogP contribution in [-0.2, 0) is 6.42 Å². The molecule has 0 aliphatic heterocycles. The molecule has 0 radical (unpaired) electrons. The summed E-state index contributed by atoms with van der Waals surface area (Å²) < 4.78 is 6.77. The fourth-order valence-corrected chi connectivity index (χ4v) is 7.85. The van der Waals surface area contributed by atoms with Crippen LogP contribution in [0.5, 0.6) is 0 Å². The third-order valence-electron chi connectivity index (χ3n) is 10.2. The molecule has 9 aromatic carbocycles. The van der Waals surface area contributed by atoms with E-state index in [-0.39, 0.29) is 0 Å². The molecule has 0 bridgehead atoms. The third-order valence-corrected chi connectivity index (χ3v) is 10.2. The zero-order valence-electron chi connectivity index (χ0n) is 26.8. The summed E-state index contributed by atoms with van der Waals surface area (Å²) in [5, 5.41) is 11.9. The van der Waals surface area contributed by atoms with E-state index in [1.54, 1.807) is 0 Å². The van der Waals surface area contributed by atoms with Crippen molar-refractivity contribution in [1.29, 1.82) is 0 Å². The van der Waals surface area contributed by atoms with E-state index in [0.717, 1.165) is 50.7 Å². The second-order valence-electron chi connectivity index (χ2n) is 13.1. The van der Waals surface area contributed by atoms with E-state index >= 15 is 0 Å².